The van der Waals surface area contributed by atoms with Crippen molar-refractivity contribution in [1.29, 1.82) is 0 Å². The minimum atomic E-state index is -4.25. The first kappa shape index (κ1) is 27.4. The van der Waals surface area contributed by atoms with Crippen molar-refractivity contribution < 1.29 is 27.8 Å². The highest BCUT2D eigenvalue weighted by atomic mass is 19.4. The Bertz CT molecular complexity index is 1070. The lowest BCUT2D eigenvalue weighted by Crippen LogP contribution is -2.49. The van der Waals surface area contributed by atoms with Gasteiger partial charge in [0.2, 0.25) is 5.95 Å². The number of hydrogen-bond donors (Lipinski definition) is 2. The van der Waals surface area contributed by atoms with E-state index in [0.29, 0.717) is 51.2 Å². The average molecular weight is 527 g/mol. The third-order valence-electron chi connectivity index (χ3n) is 6.82. The van der Waals surface area contributed by atoms with E-state index in [1.54, 1.807) is 11.1 Å². The Labute approximate surface area is 215 Å². The number of aliphatic hydroxyl groups is 1. The molecule has 2 aliphatic rings. The van der Waals surface area contributed by atoms with Gasteiger partial charge in [-0.15, -0.1) is 0 Å². The van der Waals surface area contributed by atoms with Gasteiger partial charge in [-0.1, -0.05) is 0 Å². The molecule has 2 aromatic rings. The van der Waals surface area contributed by atoms with E-state index in [1.165, 1.54) is 0 Å². The lowest BCUT2D eigenvalue weighted by atomic mass is 9.93. The van der Waals surface area contributed by atoms with Crippen LogP contribution in [0.3, 0.4) is 0 Å². The molecular formula is C25H37F3N6O3. The number of alkyl halides is 3. The number of aliphatic hydroxyl groups excluding tert-OH is 1. The van der Waals surface area contributed by atoms with Crippen molar-refractivity contribution in [1.82, 2.24) is 24.3 Å². The summed E-state index contributed by atoms with van der Waals surface area (Å²) >= 11 is 0. The van der Waals surface area contributed by atoms with Crippen LogP contribution >= 0.6 is 0 Å². The Kier molecular flexibility index (Phi) is 8.17. The Balaban J connectivity index is 1.49. The molecule has 1 amide bonds. The molecule has 1 saturated heterocycles. The summed E-state index contributed by atoms with van der Waals surface area (Å²) in [4.78, 5) is 25.3. The molecule has 1 aliphatic carbocycles. The monoisotopic (exact) mass is 526 g/mol. The molecule has 2 aromatic heterocycles. The molecular weight excluding hydrogens is 489 g/mol. The lowest BCUT2D eigenvalue weighted by molar-refractivity contribution is -0.131. The van der Waals surface area contributed by atoms with Crippen LogP contribution in [0.2, 0.25) is 0 Å². The zero-order valence-corrected chi connectivity index (χ0v) is 21.7. The van der Waals surface area contributed by atoms with Crippen molar-refractivity contribution in [2.75, 3.05) is 38.0 Å². The molecule has 0 radical (unpaired) electrons. The molecule has 9 nitrogen and oxygen atoms in total. The topological polar surface area (TPSA) is 95.8 Å². The number of aromatic nitrogens is 3. The van der Waals surface area contributed by atoms with Crippen LogP contribution in [0, 0.1) is 0 Å². The molecule has 0 unspecified atom stereocenters. The van der Waals surface area contributed by atoms with E-state index in [9.17, 15) is 23.1 Å². The van der Waals surface area contributed by atoms with Crippen molar-refractivity contribution in [2.45, 2.75) is 83.3 Å². The maximum Gasteiger partial charge on any atom is 0.410 e. The number of nitrogens with zero attached hydrogens (tertiary/aromatic N) is 5. The lowest BCUT2D eigenvalue weighted by Gasteiger charge is -2.35. The number of fused-ring (bicyclic) bond motifs is 1. The third kappa shape index (κ3) is 7.47. The van der Waals surface area contributed by atoms with Crippen molar-refractivity contribution >= 4 is 23.1 Å². The van der Waals surface area contributed by atoms with Crippen molar-refractivity contribution in [3.8, 4) is 0 Å². The zero-order chi connectivity index (χ0) is 26.8. The first-order valence-electron chi connectivity index (χ1n) is 12.9. The summed E-state index contributed by atoms with van der Waals surface area (Å²) in [5, 5.41) is 13.5. The van der Waals surface area contributed by atoms with Crippen molar-refractivity contribution in [3.63, 3.8) is 0 Å². The van der Waals surface area contributed by atoms with E-state index < -0.39 is 18.2 Å². The molecule has 0 aromatic carbocycles. The van der Waals surface area contributed by atoms with Crippen molar-refractivity contribution in [2.24, 2.45) is 0 Å². The van der Waals surface area contributed by atoms with Gasteiger partial charge in [0.25, 0.3) is 0 Å². The Morgan fingerprint density at radius 3 is 2.43 bits per heavy atom. The molecule has 4 rings (SSSR count). The van der Waals surface area contributed by atoms with E-state index in [0.717, 1.165) is 23.8 Å². The van der Waals surface area contributed by atoms with Gasteiger partial charge in [-0.3, -0.25) is 4.90 Å². The number of nitrogens with one attached hydrogen (secondary N) is 1. The molecule has 0 spiro atoms. The Morgan fingerprint density at radius 2 is 1.81 bits per heavy atom. The summed E-state index contributed by atoms with van der Waals surface area (Å²) in [6, 6.07) is 0.154. The number of anilines is 1. The highest BCUT2D eigenvalue weighted by Crippen LogP contribution is 2.33. The van der Waals surface area contributed by atoms with Crippen LogP contribution in [0.15, 0.2) is 12.4 Å². The quantitative estimate of drug-likeness (QED) is 0.579. The molecule has 3 heterocycles. The predicted octanol–water partition coefficient (Wildman–Crippen LogP) is 4.32. The molecule has 37 heavy (non-hydrogen) atoms. The molecule has 0 bridgehead atoms. The second-order valence-electron chi connectivity index (χ2n) is 11.0. The number of halogens is 3. The standard InChI is InChI=1S/C25H37F3N6O3/c1-24(2,3)37-23(36)33-12-10-32(11-13-33)15-17-16-34(18-4-6-19(35)7-5-18)21-20(17)14-30-22(31-21)29-9-8-25(26,27)28/h14,16,18-19,35H,4-13,15H2,1-3H3,(H,29,30,31)/t18-,19-. The van der Waals surface area contributed by atoms with Crippen LogP contribution in [-0.2, 0) is 11.3 Å². The van der Waals surface area contributed by atoms with E-state index in [2.05, 4.69) is 30.9 Å². The molecule has 0 atom stereocenters. The summed E-state index contributed by atoms with van der Waals surface area (Å²) in [6.45, 7) is 8.43. The number of amides is 1. The summed E-state index contributed by atoms with van der Waals surface area (Å²) < 4.78 is 45.3. The largest absolute Gasteiger partial charge is 0.444 e. The van der Waals surface area contributed by atoms with Crippen LogP contribution in [0.5, 0.6) is 0 Å². The van der Waals surface area contributed by atoms with Gasteiger partial charge in [-0.25, -0.2) is 9.78 Å². The highest BCUT2D eigenvalue weighted by molar-refractivity contribution is 5.81. The normalized spacial score (nSPS) is 21.9. The van der Waals surface area contributed by atoms with Gasteiger partial charge in [0.15, 0.2) is 0 Å². The average Bonchev–Trinajstić information content (AvgIpc) is 3.15. The second-order valence-corrected chi connectivity index (χ2v) is 11.0. The van der Waals surface area contributed by atoms with Gasteiger partial charge >= 0.3 is 12.3 Å². The van der Waals surface area contributed by atoms with Crippen LogP contribution in [0.4, 0.5) is 23.9 Å². The molecule has 206 valence electrons. The van der Waals surface area contributed by atoms with E-state index in [1.807, 2.05) is 20.8 Å². The van der Waals surface area contributed by atoms with Crippen LogP contribution in [-0.4, -0.2) is 86.1 Å². The van der Waals surface area contributed by atoms with Gasteiger partial charge in [0, 0.05) is 63.1 Å². The predicted molar refractivity (Wildman–Crippen MR) is 133 cm³/mol. The Morgan fingerprint density at radius 1 is 1.14 bits per heavy atom. The Hall–Kier alpha value is -2.60. The summed E-state index contributed by atoms with van der Waals surface area (Å²) in [5.41, 5.74) is 1.19. The van der Waals surface area contributed by atoms with Crippen LogP contribution in [0.25, 0.3) is 11.0 Å². The van der Waals surface area contributed by atoms with Gasteiger partial charge in [-0.05, 0) is 52.0 Å². The number of ether oxygens (including phenoxy) is 1. The summed E-state index contributed by atoms with van der Waals surface area (Å²) in [7, 11) is 0. The number of piperazine rings is 1. The van der Waals surface area contributed by atoms with E-state index >= 15 is 0 Å². The fraction of sp³-hybridized carbons (Fsp3) is 0.720. The SMILES string of the molecule is CC(C)(C)OC(=O)N1CCN(Cc2cn([C@H]3CC[C@H](O)CC3)c3nc(NCCC(F)(F)F)ncc23)CC1. The molecule has 1 aliphatic heterocycles. The smallest absolute Gasteiger partial charge is 0.410 e. The molecule has 2 fully saturated rings. The second kappa shape index (κ2) is 11.0. The van der Waals surface area contributed by atoms with Gasteiger partial charge in [0.05, 0.1) is 12.5 Å². The molecule has 2 N–H and O–H groups in total. The first-order chi connectivity index (χ1) is 17.4. The first-order valence-corrected chi connectivity index (χ1v) is 12.9. The molecule has 12 heteroatoms. The van der Waals surface area contributed by atoms with Crippen LogP contribution in [0.1, 0.15) is 64.5 Å². The highest BCUT2D eigenvalue weighted by Gasteiger charge is 2.29. The third-order valence-corrected chi connectivity index (χ3v) is 6.82. The fourth-order valence-corrected chi connectivity index (χ4v) is 4.89. The van der Waals surface area contributed by atoms with Crippen molar-refractivity contribution in [3.05, 3.63) is 18.0 Å². The minimum Gasteiger partial charge on any atom is -0.444 e. The fourth-order valence-electron chi connectivity index (χ4n) is 4.89. The van der Waals surface area contributed by atoms with Gasteiger partial charge in [-0.2, -0.15) is 18.2 Å². The summed E-state index contributed by atoms with van der Waals surface area (Å²) in [6.07, 6.45) is 0.953. The molecule has 1 saturated carbocycles. The maximum absolute atomic E-state index is 12.6. The maximum atomic E-state index is 12.6. The zero-order valence-electron chi connectivity index (χ0n) is 21.7. The number of carbonyl (C=O) groups excluding carboxylic acids is 1. The minimum absolute atomic E-state index is 0.154. The summed E-state index contributed by atoms with van der Waals surface area (Å²) in [5.74, 6) is 0.171. The van der Waals surface area contributed by atoms with Gasteiger partial charge in [0.1, 0.15) is 11.2 Å². The van der Waals surface area contributed by atoms with Gasteiger partial charge < -0.3 is 24.6 Å². The van der Waals surface area contributed by atoms with Crippen LogP contribution < -0.4 is 5.32 Å². The number of carbonyl (C=O) groups is 1. The van der Waals surface area contributed by atoms with E-state index in [-0.39, 0.29) is 30.7 Å². The number of hydrogen-bond acceptors (Lipinski definition) is 7. The number of rotatable bonds is 6. The van der Waals surface area contributed by atoms with E-state index in [4.69, 9.17) is 4.74 Å².